The second-order valence-electron chi connectivity index (χ2n) is 7.30. The Morgan fingerprint density at radius 3 is 2.81 bits per heavy atom. The van der Waals surface area contributed by atoms with Crippen LogP contribution in [0.15, 0.2) is 47.1 Å². The monoisotopic (exact) mass is 437 g/mol. The molecule has 4 aromatic rings. The van der Waals surface area contributed by atoms with E-state index in [-0.39, 0.29) is 12.4 Å². The van der Waals surface area contributed by atoms with Gasteiger partial charge in [0.15, 0.2) is 11.5 Å². The van der Waals surface area contributed by atoms with Crippen LogP contribution in [0.1, 0.15) is 40.6 Å². The number of anilines is 2. The van der Waals surface area contributed by atoms with Crippen LogP contribution in [0.2, 0.25) is 0 Å². The third kappa shape index (κ3) is 4.06. The number of nitrogens with one attached hydrogen (secondary N) is 1. The van der Waals surface area contributed by atoms with Crippen LogP contribution in [-0.2, 0) is 4.74 Å². The fourth-order valence-corrected chi connectivity index (χ4v) is 3.31. The van der Waals surface area contributed by atoms with Gasteiger partial charge in [0.25, 0.3) is 5.89 Å². The standard InChI is InChI=1S/C22H19N5O3.ClH/c1-12-6-9-16-18(25-15-5-3-4-14(10-15)22(28)29-2)17(11-23-20(16)24-12)21-26-19(27-30-21)13-7-8-13;/h3-6,9-11,13H,7-8H2,1-2H3,(H,23,24,25);1H. The SMILES string of the molecule is COC(=O)c1cccc(Nc2c(-c3nc(C4CC4)no3)cnc3nc(C)ccc23)c1.Cl. The highest BCUT2D eigenvalue weighted by Crippen LogP contribution is 2.40. The van der Waals surface area contributed by atoms with Crippen LogP contribution in [-0.4, -0.2) is 33.2 Å². The van der Waals surface area contributed by atoms with Crippen LogP contribution < -0.4 is 5.32 Å². The lowest BCUT2D eigenvalue weighted by Gasteiger charge is -2.13. The van der Waals surface area contributed by atoms with Crippen molar-refractivity contribution >= 4 is 40.8 Å². The number of methoxy groups -OCH3 is 1. The summed E-state index contributed by atoms with van der Waals surface area (Å²) in [6.45, 7) is 1.92. The van der Waals surface area contributed by atoms with Crippen molar-refractivity contribution in [1.82, 2.24) is 20.1 Å². The van der Waals surface area contributed by atoms with Crippen molar-refractivity contribution in [3.63, 3.8) is 0 Å². The van der Waals surface area contributed by atoms with Gasteiger partial charge in [0.1, 0.15) is 0 Å². The van der Waals surface area contributed by atoms with Crippen molar-refractivity contribution in [3.8, 4) is 11.5 Å². The number of esters is 1. The third-order valence-corrected chi connectivity index (χ3v) is 5.04. The zero-order valence-electron chi connectivity index (χ0n) is 17.0. The van der Waals surface area contributed by atoms with E-state index >= 15 is 0 Å². The Morgan fingerprint density at radius 2 is 2.03 bits per heavy atom. The second-order valence-corrected chi connectivity index (χ2v) is 7.30. The zero-order valence-corrected chi connectivity index (χ0v) is 17.8. The Kier molecular flexibility index (Phi) is 5.56. The van der Waals surface area contributed by atoms with E-state index in [9.17, 15) is 4.79 Å². The highest BCUT2D eigenvalue weighted by atomic mass is 35.5. The first kappa shape index (κ1) is 20.7. The third-order valence-electron chi connectivity index (χ3n) is 5.04. The average Bonchev–Trinajstić information content (AvgIpc) is 3.50. The number of fused-ring (bicyclic) bond motifs is 1. The van der Waals surface area contributed by atoms with Gasteiger partial charge in [0.05, 0.1) is 23.9 Å². The molecule has 1 fully saturated rings. The topological polar surface area (TPSA) is 103 Å². The molecule has 3 aromatic heterocycles. The van der Waals surface area contributed by atoms with Crippen LogP contribution in [0.5, 0.6) is 0 Å². The van der Waals surface area contributed by atoms with Crippen LogP contribution in [0.25, 0.3) is 22.5 Å². The van der Waals surface area contributed by atoms with Crippen LogP contribution in [0.4, 0.5) is 11.4 Å². The Balaban J connectivity index is 0.00000231. The second kappa shape index (κ2) is 8.31. The molecule has 1 N–H and O–H groups in total. The van der Waals surface area contributed by atoms with Gasteiger partial charge in [0.2, 0.25) is 0 Å². The number of hydrogen-bond donors (Lipinski definition) is 1. The van der Waals surface area contributed by atoms with Gasteiger partial charge in [0, 0.05) is 28.9 Å². The number of nitrogens with zero attached hydrogens (tertiary/aromatic N) is 4. The smallest absolute Gasteiger partial charge is 0.337 e. The van der Waals surface area contributed by atoms with E-state index < -0.39 is 5.97 Å². The minimum Gasteiger partial charge on any atom is -0.465 e. The van der Waals surface area contributed by atoms with E-state index in [1.54, 1.807) is 24.4 Å². The highest BCUT2D eigenvalue weighted by Gasteiger charge is 2.29. The Labute approximate surface area is 184 Å². The molecule has 0 aliphatic heterocycles. The lowest BCUT2D eigenvalue weighted by Crippen LogP contribution is -2.03. The molecule has 8 nitrogen and oxygen atoms in total. The van der Waals surface area contributed by atoms with Gasteiger partial charge in [-0.1, -0.05) is 11.2 Å². The molecule has 0 saturated heterocycles. The van der Waals surface area contributed by atoms with Gasteiger partial charge in [-0.3, -0.25) is 0 Å². The molecule has 1 saturated carbocycles. The Bertz CT molecular complexity index is 1270. The Hall–Kier alpha value is -3.52. The molecule has 0 atom stereocenters. The molecule has 0 radical (unpaired) electrons. The molecule has 3 heterocycles. The minimum absolute atomic E-state index is 0. The van der Waals surface area contributed by atoms with Gasteiger partial charge in [-0.15, -0.1) is 12.4 Å². The van der Waals surface area contributed by atoms with Crippen molar-refractivity contribution < 1.29 is 14.1 Å². The first-order valence-corrected chi connectivity index (χ1v) is 9.68. The molecule has 1 aliphatic carbocycles. The summed E-state index contributed by atoms with van der Waals surface area (Å²) in [4.78, 5) is 25.5. The molecule has 0 bridgehead atoms. The van der Waals surface area contributed by atoms with Crippen molar-refractivity contribution in [3.05, 3.63) is 59.7 Å². The van der Waals surface area contributed by atoms with Crippen LogP contribution in [0.3, 0.4) is 0 Å². The van der Waals surface area contributed by atoms with E-state index in [4.69, 9.17) is 9.26 Å². The number of pyridine rings is 2. The highest BCUT2D eigenvalue weighted by molar-refractivity contribution is 5.99. The van der Waals surface area contributed by atoms with E-state index in [2.05, 4.69) is 25.4 Å². The summed E-state index contributed by atoms with van der Waals surface area (Å²) in [7, 11) is 1.36. The van der Waals surface area contributed by atoms with E-state index in [0.29, 0.717) is 34.3 Å². The molecule has 0 unspecified atom stereocenters. The first-order valence-electron chi connectivity index (χ1n) is 9.68. The number of ether oxygens (including phenoxy) is 1. The number of aromatic nitrogens is 4. The minimum atomic E-state index is -0.401. The maximum absolute atomic E-state index is 11.9. The number of halogens is 1. The normalized spacial score (nSPS) is 13.0. The summed E-state index contributed by atoms with van der Waals surface area (Å²) < 4.78 is 10.4. The van der Waals surface area contributed by atoms with Gasteiger partial charge in [-0.05, 0) is 50.1 Å². The summed E-state index contributed by atoms with van der Waals surface area (Å²) in [5, 5.41) is 8.33. The lowest BCUT2D eigenvalue weighted by molar-refractivity contribution is 0.0601. The largest absolute Gasteiger partial charge is 0.465 e. The summed E-state index contributed by atoms with van der Waals surface area (Å²) in [5.41, 5.74) is 4.05. The number of carbonyl (C=O) groups excluding carboxylic acids is 1. The van der Waals surface area contributed by atoms with E-state index in [1.807, 2.05) is 25.1 Å². The lowest BCUT2D eigenvalue weighted by atomic mass is 10.1. The van der Waals surface area contributed by atoms with Gasteiger partial charge >= 0.3 is 5.97 Å². The first-order chi connectivity index (χ1) is 14.6. The molecule has 5 rings (SSSR count). The molecular formula is C22H20ClN5O3. The van der Waals surface area contributed by atoms with Crippen molar-refractivity contribution in [2.45, 2.75) is 25.7 Å². The molecule has 1 aromatic carbocycles. The van der Waals surface area contributed by atoms with Gasteiger partial charge in [-0.2, -0.15) is 4.98 Å². The van der Waals surface area contributed by atoms with Crippen molar-refractivity contribution in [2.24, 2.45) is 0 Å². The van der Waals surface area contributed by atoms with Crippen LogP contribution >= 0.6 is 12.4 Å². The number of aryl methyl sites for hydroxylation is 1. The molecule has 158 valence electrons. The molecular weight excluding hydrogens is 418 g/mol. The fourth-order valence-electron chi connectivity index (χ4n) is 3.31. The van der Waals surface area contributed by atoms with E-state index in [1.165, 1.54) is 7.11 Å². The molecule has 9 heteroatoms. The summed E-state index contributed by atoms with van der Waals surface area (Å²) in [6, 6.07) is 11.0. The quantitative estimate of drug-likeness (QED) is 0.443. The van der Waals surface area contributed by atoms with Crippen molar-refractivity contribution in [1.29, 1.82) is 0 Å². The number of carbonyl (C=O) groups is 1. The fraction of sp³-hybridized carbons (Fsp3) is 0.227. The molecule has 31 heavy (non-hydrogen) atoms. The van der Waals surface area contributed by atoms with Crippen molar-refractivity contribution in [2.75, 3.05) is 12.4 Å². The summed E-state index contributed by atoms with van der Waals surface area (Å²) >= 11 is 0. The summed E-state index contributed by atoms with van der Waals surface area (Å²) in [5.74, 6) is 1.11. The molecule has 0 spiro atoms. The number of benzene rings is 1. The number of hydrogen-bond acceptors (Lipinski definition) is 8. The van der Waals surface area contributed by atoms with Gasteiger partial charge in [-0.25, -0.2) is 14.8 Å². The molecule has 0 amide bonds. The molecule has 1 aliphatic rings. The predicted octanol–water partition coefficient (Wildman–Crippen LogP) is 4.82. The van der Waals surface area contributed by atoms with E-state index in [0.717, 1.165) is 35.4 Å². The van der Waals surface area contributed by atoms with Crippen LogP contribution in [0, 0.1) is 6.92 Å². The predicted molar refractivity (Wildman–Crippen MR) is 118 cm³/mol. The zero-order chi connectivity index (χ0) is 20.7. The number of rotatable bonds is 5. The average molecular weight is 438 g/mol. The summed E-state index contributed by atoms with van der Waals surface area (Å²) in [6.07, 6.45) is 3.86. The maximum atomic E-state index is 11.9. The maximum Gasteiger partial charge on any atom is 0.337 e. The Morgan fingerprint density at radius 1 is 1.19 bits per heavy atom. The van der Waals surface area contributed by atoms with Gasteiger partial charge < -0.3 is 14.6 Å².